The van der Waals surface area contributed by atoms with E-state index < -0.39 is 17.5 Å². The SMILES string of the molecule is C[C@@H]1CCCC[C@]12NC(=O)N(CC(=O)NCc1ccccc1OCCO)C2=O. The topological polar surface area (TPSA) is 108 Å². The van der Waals surface area contributed by atoms with Crippen molar-refractivity contribution in [3.63, 3.8) is 0 Å². The lowest BCUT2D eigenvalue weighted by Crippen LogP contribution is -2.54. The third-order valence-corrected chi connectivity index (χ3v) is 5.60. The van der Waals surface area contributed by atoms with E-state index in [0.29, 0.717) is 12.2 Å². The Morgan fingerprint density at radius 2 is 2.14 bits per heavy atom. The molecule has 4 amide bonds. The Morgan fingerprint density at radius 3 is 2.89 bits per heavy atom. The molecular formula is C20H27N3O5. The second-order valence-electron chi connectivity index (χ2n) is 7.40. The monoisotopic (exact) mass is 389 g/mol. The maximum Gasteiger partial charge on any atom is 0.325 e. The Balaban J connectivity index is 1.60. The van der Waals surface area contributed by atoms with E-state index in [1.807, 2.05) is 13.0 Å². The average Bonchev–Trinajstić information content (AvgIpc) is 2.92. The van der Waals surface area contributed by atoms with Gasteiger partial charge in [-0.25, -0.2) is 4.79 Å². The van der Waals surface area contributed by atoms with Crippen LogP contribution in [0.25, 0.3) is 0 Å². The van der Waals surface area contributed by atoms with Crippen molar-refractivity contribution < 1.29 is 24.2 Å². The van der Waals surface area contributed by atoms with Gasteiger partial charge in [0.2, 0.25) is 5.91 Å². The summed E-state index contributed by atoms with van der Waals surface area (Å²) < 4.78 is 5.44. The van der Waals surface area contributed by atoms with Crippen LogP contribution in [0.4, 0.5) is 4.79 Å². The smallest absolute Gasteiger partial charge is 0.325 e. The highest BCUT2D eigenvalue weighted by molar-refractivity contribution is 6.09. The molecule has 1 heterocycles. The van der Waals surface area contributed by atoms with Gasteiger partial charge in [-0.1, -0.05) is 38.0 Å². The van der Waals surface area contributed by atoms with Gasteiger partial charge in [0, 0.05) is 12.1 Å². The van der Waals surface area contributed by atoms with E-state index in [2.05, 4.69) is 10.6 Å². The number of hydrogen-bond acceptors (Lipinski definition) is 5. The van der Waals surface area contributed by atoms with Gasteiger partial charge < -0.3 is 20.5 Å². The van der Waals surface area contributed by atoms with Crippen LogP contribution in [0.1, 0.15) is 38.2 Å². The molecular weight excluding hydrogens is 362 g/mol. The predicted octanol–water partition coefficient (Wildman–Crippen LogP) is 1.17. The molecule has 3 N–H and O–H groups in total. The van der Waals surface area contributed by atoms with Crippen LogP contribution in [-0.2, 0) is 16.1 Å². The molecule has 1 aromatic carbocycles. The maximum atomic E-state index is 12.9. The quantitative estimate of drug-likeness (QED) is 0.607. The predicted molar refractivity (Wildman–Crippen MR) is 101 cm³/mol. The van der Waals surface area contributed by atoms with Crippen molar-refractivity contribution in [1.82, 2.24) is 15.5 Å². The molecule has 3 rings (SSSR count). The first-order valence-electron chi connectivity index (χ1n) is 9.70. The van der Waals surface area contributed by atoms with Crippen molar-refractivity contribution in [2.75, 3.05) is 19.8 Å². The third kappa shape index (κ3) is 3.96. The van der Waals surface area contributed by atoms with Gasteiger partial charge in [0.1, 0.15) is 24.4 Å². The van der Waals surface area contributed by atoms with Gasteiger partial charge in [-0.05, 0) is 24.8 Å². The van der Waals surface area contributed by atoms with E-state index in [4.69, 9.17) is 9.84 Å². The number of aliphatic hydroxyl groups is 1. The molecule has 8 heteroatoms. The second-order valence-corrected chi connectivity index (χ2v) is 7.40. The number of imide groups is 1. The standard InChI is InChI=1S/C20H27N3O5/c1-14-6-4-5-9-20(14)18(26)23(19(27)22-20)13-17(25)21-12-15-7-2-3-8-16(15)28-11-10-24/h2-3,7-8,14,24H,4-6,9-13H2,1H3,(H,21,25)(H,22,27)/t14-,20+/m1/s1. The number of benzene rings is 1. The summed E-state index contributed by atoms with van der Waals surface area (Å²) in [5, 5.41) is 14.5. The summed E-state index contributed by atoms with van der Waals surface area (Å²) in [6.07, 6.45) is 3.44. The molecule has 1 aromatic rings. The summed E-state index contributed by atoms with van der Waals surface area (Å²) in [6, 6.07) is 6.68. The van der Waals surface area contributed by atoms with Crippen LogP contribution < -0.4 is 15.4 Å². The summed E-state index contributed by atoms with van der Waals surface area (Å²) in [5.41, 5.74) is -0.112. The van der Waals surface area contributed by atoms with Crippen LogP contribution >= 0.6 is 0 Å². The number of hydrogen-bond donors (Lipinski definition) is 3. The molecule has 1 saturated heterocycles. The molecule has 0 bridgehead atoms. The number of nitrogens with zero attached hydrogens (tertiary/aromatic N) is 1. The highest BCUT2D eigenvalue weighted by atomic mass is 16.5. The van der Waals surface area contributed by atoms with E-state index in [-0.39, 0.29) is 38.1 Å². The number of urea groups is 1. The van der Waals surface area contributed by atoms with Crippen LogP contribution in [-0.4, -0.2) is 53.1 Å². The van der Waals surface area contributed by atoms with Crippen molar-refractivity contribution >= 4 is 17.8 Å². The van der Waals surface area contributed by atoms with Gasteiger partial charge in [0.05, 0.1) is 6.61 Å². The Kier molecular flexibility index (Phi) is 6.18. The molecule has 152 valence electrons. The van der Waals surface area contributed by atoms with Gasteiger partial charge in [-0.2, -0.15) is 0 Å². The molecule has 1 saturated carbocycles. The Bertz CT molecular complexity index is 753. The van der Waals surface area contributed by atoms with E-state index in [0.717, 1.165) is 29.7 Å². The minimum Gasteiger partial charge on any atom is -0.491 e. The minimum atomic E-state index is -0.861. The number of rotatable bonds is 7. The lowest BCUT2D eigenvalue weighted by molar-refractivity contribution is -0.137. The maximum absolute atomic E-state index is 12.9. The molecule has 0 unspecified atom stereocenters. The summed E-state index contributed by atoms with van der Waals surface area (Å²) in [5.74, 6) is -0.0874. The number of aliphatic hydroxyl groups excluding tert-OH is 1. The number of ether oxygens (including phenoxy) is 1. The van der Waals surface area contributed by atoms with Gasteiger partial charge in [-0.15, -0.1) is 0 Å². The summed E-state index contributed by atoms with van der Waals surface area (Å²) in [4.78, 5) is 38.7. The van der Waals surface area contributed by atoms with Gasteiger partial charge >= 0.3 is 6.03 Å². The molecule has 2 fully saturated rings. The molecule has 1 spiro atoms. The number of nitrogens with one attached hydrogen (secondary N) is 2. The largest absolute Gasteiger partial charge is 0.491 e. The summed E-state index contributed by atoms with van der Waals surface area (Å²) >= 11 is 0. The third-order valence-electron chi connectivity index (χ3n) is 5.60. The van der Waals surface area contributed by atoms with Crippen LogP contribution in [0.5, 0.6) is 5.75 Å². The molecule has 1 aliphatic carbocycles. The van der Waals surface area contributed by atoms with Crippen LogP contribution in [0.2, 0.25) is 0 Å². The number of carbonyl (C=O) groups is 3. The van der Waals surface area contributed by atoms with Crippen molar-refractivity contribution in [1.29, 1.82) is 0 Å². The van der Waals surface area contributed by atoms with Crippen LogP contribution in [0.3, 0.4) is 0 Å². The second kappa shape index (κ2) is 8.60. The van der Waals surface area contributed by atoms with E-state index in [1.54, 1.807) is 18.2 Å². The summed E-state index contributed by atoms with van der Waals surface area (Å²) in [7, 11) is 0. The fraction of sp³-hybridized carbons (Fsp3) is 0.550. The normalized spacial score (nSPS) is 24.4. The molecule has 28 heavy (non-hydrogen) atoms. The first-order chi connectivity index (χ1) is 13.5. The zero-order valence-corrected chi connectivity index (χ0v) is 16.1. The molecule has 0 radical (unpaired) electrons. The van der Waals surface area contributed by atoms with Crippen molar-refractivity contribution in [2.45, 2.75) is 44.7 Å². The Hall–Kier alpha value is -2.61. The highest BCUT2D eigenvalue weighted by Gasteiger charge is 2.55. The fourth-order valence-electron chi connectivity index (χ4n) is 3.98. The van der Waals surface area contributed by atoms with Crippen molar-refractivity contribution in [3.8, 4) is 5.75 Å². The first-order valence-corrected chi connectivity index (χ1v) is 9.70. The van der Waals surface area contributed by atoms with Crippen molar-refractivity contribution in [2.24, 2.45) is 5.92 Å². The van der Waals surface area contributed by atoms with E-state index in [9.17, 15) is 14.4 Å². The zero-order chi connectivity index (χ0) is 20.1. The molecule has 0 aromatic heterocycles. The van der Waals surface area contributed by atoms with Crippen molar-refractivity contribution in [3.05, 3.63) is 29.8 Å². The van der Waals surface area contributed by atoms with E-state index in [1.165, 1.54) is 0 Å². The average molecular weight is 389 g/mol. The minimum absolute atomic E-state index is 0.0568. The highest BCUT2D eigenvalue weighted by Crippen LogP contribution is 2.38. The number of para-hydroxylation sites is 1. The Labute approximate surface area is 164 Å². The van der Waals surface area contributed by atoms with Gasteiger partial charge in [0.15, 0.2) is 0 Å². The Morgan fingerprint density at radius 1 is 1.36 bits per heavy atom. The fourth-order valence-corrected chi connectivity index (χ4v) is 3.98. The first kappa shape index (κ1) is 20.1. The summed E-state index contributed by atoms with van der Waals surface area (Å²) in [6.45, 7) is 1.93. The number of carbonyl (C=O) groups excluding carboxylic acids is 3. The molecule has 2 aliphatic rings. The lowest BCUT2D eigenvalue weighted by Gasteiger charge is -2.36. The molecule has 1 aliphatic heterocycles. The molecule has 8 nitrogen and oxygen atoms in total. The molecule has 2 atom stereocenters. The number of amides is 4. The lowest BCUT2D eigenvalue weighted by atomic mass is 9.73. The van der Waals surface area contributed by atoms with Crippen LogP contribution in [0, 0.1) is 5.92 Å². The zero-order valence-electron chi connectivity index (χ0n) is 16.1. The van der Waals surface area contributed by atoms with Gasteiger partial charge in [0.25, 0.3) is 5.91 Å². The van der Waals surface area contributed by atoms with E-state index >= 15 is 0 Å². The van der Waals surface area contributed by atoms with Crippen LogP contribution in [0.15, 0.2) is 24.3 Å². The van der Waals surface area contributed by atoms with Gasteiger partial charge in [-0.3, -0.25) is 14.5 Å².